The van der Waals surface area contributed by atoms with Gasteiger partial charge in [0.2, 0.25) is 0 Å². The lowest BCUT2D eigenvalue weighted by Crippen LogP contribution is -2.53. The molecule has 3 atom stereocenters. The van der Waals surface area contributed by atoms with E-state index in [1.54, 1.807) is 0 Å². The van der Waals surface area contributed by atoms with Gasteiger partial charge in [0.15, 0.2) is 0 Å². The molecule has 0 saturated carbocycles. The van der Waals surface area contributed by atoms with Crippen molar-refractivity contribution in [3.8, 4) is 0 Å². The Kier molecular flexibility index (Phi) is 2.20. The fourth-order valence-electron chi connectivity index (χ4n) is 2.46. The van der Waals surface area contributed by atoms with Gasteiger partial charge in [0.1, 0.15) is 12.3 Å². The minimum atomic E-state index is -0.197. The van der Waals surface area contributed by atoms with Crippen LogP contribution in [-0.4, -0.2) is 23.8 Å². The van der Waals surface area contributed by atoms with Crippen LogP contribution in [0.4, 0.5) is 0 Å². The second-order valence-corrected chi connectivity index (χ2v) is 4.19. The van der Waals surface area contributed by atoms with E-state index < -0.39 is 0 Å². The summed E-state index contributed by atoms with van der Waals surface area (Å²) in [5.41, 5.74) is 8.16. The number of nitrogens with one attached hydrogen (secondary N) is 1. The Morgan fingerprint density at radius 1 is 1.53 bits per heavy atom. The molecule has 2 aliphatic rings. The molecule has 2 heterocycles. The average molecular weight is 205 g/mol. The Hall–Kier alpha value is -0.970. The van der Waals surface area contributed by atoms with E-state index >= 15 is 0 Å². The molecule has 15 heavy (non-hydrogen) atoms. The molecule has 1 fully saturated rings. The monoisotopic (exact) mass is 205 g/mol. The summed E-state index contributed by atoms with van der Waals surface area (Å²) in [6.45, 7) is 0.747. The van der Waals surface area contributed by atoms with Crippen molar-refractivity contribution in [2.75, 3.05) is 6.54 Å². The summed E-state index contributed by atoms with van der Waals surface area (Å²) >= 11 is 0. The number of morpholine rings is 1. The zero-order valence-corrected chi connectivity index (χ0v) is 8.52. The van der Waals surface area contributed by atoms with Crippen LogP contribution in [0.5, 0.6) is 0 Å². The van der Waals surface area contributed by atoms with Gasteiger partial charge in [-0.25, -0.2) is 0 Å². The van der Waals surface area contributed by atoms with E-state index in [0.29, 0.717) is 6.04 Å². The summed E-state index contributed by atoms with van der Waals surface area (Å²) in [6, 6.07) is 4.46. The van der Waals surface area contributed by atoms with Crippen LogP contribution in [0.1, 0.15) is 23.8 Å². The molecule has 1 saturated heterocycles. The number of nitrogens with zero attached hydrogens (tertiary/aromatic N) is 1. The van der Waals surface area contributed by atoms with E-state index in [-0.39, 0.29) is 12.3 Å². The molecule has 80 valence electrons. The topological polar surface area (TPSA) is 60.2 Å². The van der Waals surface area contributed by atoms with Crippen LogP contribution in [0, 0.1) is 0 Å². The first kappa shape index (κ1) is 9.27. The third kappa shape index (κ3) is 1.55. The number of hydrogen-bond donors (Lipinski definition) is 2. The first-order chi connectivity index (χ1) is 7.34. The lowest BCUT2D eigenvalue weighted by atomic mass is 9.88. The number of ether oxygens (including phenoxy) is 1. The Labute approximate surface area is 88.8 Å². The summed E-state index contributed by atoms with van der Waals surface area (Å²) in [4.78, 5) is 4.39. The van der Waals surface area contributed by atoms with E-state index in [1.807, 2.05) is 12.3 Å². The number of nitrogens with two attached hydrogens (primary N) is 1. The lowest BCUT2D eigenvalue weighted by Gasteiger charge is -2.39. The summed E-state index contributed by atoms with van der Waals surface area (Å²) in [5, 5.41) is 3.43. The van der Waals surface area contributed by atoms with E-state index in [1.165, 1.54) is 5.56 Å². The van der Waals surface area contributed by atoms with Crippen LogP contribution < -0.4 is 11.1 Å². The smallest absolute Gasteiger partial charge is 0.119 e. The molecule has 3 rings (SSSR count). The Morgan fingerprint density at radius 2 is 2.47 bits per heavy atom. The Morgan fingerprint density at radius 3 is 3.40 bits per heavy atom. The van der Waals surface area contributed by atoms with E-state index in [0.717, 1.165) is 25.1 Å². The molecule has 1 aliphatic heterocycles. The normalized spacial score (nSPS) is 34.3. The van der Waals surface area contributed by atoms with Crippen molar-refractivity contribution in [2.45, 2.75) is 31.2 Å². The number of pyridine rings is 1. The maximum absolute atomic E-state index is 5.79. The Bertz CT molecular complexity index is 369. The minimum absolute atomic E-state index is 0.0891. The van der Waals surface area contributed by atoms with Gasteiger partial charge in [0.05, 0.1) is 0 Å². The van der Waals surface area contributed by atoms with Gasteiger partial charge in [-0.2, -0.15) is 0 Å². The maximum Gasteiger partial charge on any atom is 0.119 e. The zero-order valence-electron chi connectivity index (χ0n) is 8.52. The largest absolute Gasteiger partial charge is 0.353 e. The van der Waals surface area contributed by atoms with Gasteiger partial charge in [-0.15, -0.1) is 0 Å². The second-order valence-electron chi connectivity index (χ2n) is 4.19. The Balaban J connectivity index is 1.96. The molecule has 1 aromatic rings. The molecule has 0 radical (unpaired) electrons. The number of fused-ring (bicyclic) bond motifs is 3. The number of hydrogen-bond acceptors (Lipinski definition) is 4. The van der Waals surface area contributed by atoms with Crippen molar-refractivity contribution in [3.63, 3.8) is 0 Å². The summed E-state index contributed by atoms with van der Waals surface area (Å²) in [5.74, 6) is 0. The van der Waals surface area contributed by atoms with Crippen LogP contribution in [-0.2, 0) is 11.2 Å². The summed E-state index contributed by atoms with van der Waals surface area (Å²) in [7, 11) is 0. The zero-order chi connectivity index (χ0) is 10.3. The first-order valence-corrected chi connectivity index (χ1v) is 5.43. The van der Waals surface area contributed by atoms with Crippen molar-refractivity contribution in [1.82, 2.24) is 10.3 Å². The molecule has 0 bridgehead atoms. The van der Waals surface area contributed by atoms with Gasteiger partial charge < -0.3 is 15.8 Å². The fraction of sp³-hybridized carbons (Fsp3) is 0.545. The lowest BCUT2D eigenvalue weighted by molar-refractivity contribution is -0.0677. The highest BCUT2D eigenvalue weighted by molar-refractivity contribution is 5.27. The highest BCUT2D eigenvalue weighted by atomic mass is 16.5. The minimum Gasteiger partial charge on any atom is -0.353 e. The SMILES string of the molecule is NC1CNC2CCc3ncccc3C2O1. The maximum atomic E-state index is 5.79. The highest BCUT2D eigenvalue weighted by Crippen LogP contribution is 2.33. The predicted molar refractivity (Wildman–Crippen MR) is 56.2 cm³/mol. The van der Waals surface area contributed by atoms with Crippen molar-refractivity contribution < 1.29 is 4.74 Å². The summed E-state index contributed by atoms with van der Waals surface area (Å²) < 4.78 is 5.79. The van der Waals surface area contributed by atoms with Gasteiger partial charge >= 0.3 is 0 Å². The van der Waals surface area contributed by atoms with Crippen LogP contribution in [0.15, 0.2) is 18.3 Å². The van der Waals surface area contributed by atoms with E-state index in [2.05, 4.69) is 16.4 Å². The molecular formula is C11H15N3O. The van der Waals surface area contributed by atoms with Crippen molar-refractivity contribution in [1.29, 1.82) is 0 Å². The molecule has 0 spiro atoms. The number of rotatable bonds is 0. The number of aromatic nitrogens is 1. The molecule has 4 heteroatoms. The van der Waals surface area contributed by atoms with Crippen LogP contribution in [0.3, 0.4) is 0 Å². The van der Waals surface area contributed by atoms with Crippen molar-refractivity contribution in [2.24, 2.45) is 5.73 Å². The standard InChI is InChI=1S/C11H15N3O/c12-10-6-14-9-4-3-8-7(11(9)15-10)2-1-5-13-8/h1-2,5,9-11,14H,3-4,6,12H2. The second kappa shape index (κ2) is 3.56. The van der Waals surface area contributed by atoms with Gasteiger partial charge in [-0.3, -0.25) is 4.98 Å². The van der Waals surface area contributed by atoms with Gasteiger partial charge in [0.25, 0.3) is 0 Å². The van der Waals surface area contributed by atoms with E-state index in [9.17, 15) is 0 Å². The molecular weight excluding hydrogens is 190 g/mol. The fourth-order valence-corrected chi connectivity index (χ4v) is 2.46. The molecule has 1 aliphatic carbocycles. The summed E-state index contributed by atoms with van der Waals surface area (Å²) in [6.07, 6.45) is 3.85. The highest BCUT2D eigenvalue weighted by Gasteiger charge is 2.35. The molecule has 0 amide bonds. The predicted octanol–water partition coefficient (Wildman–Crippen LogP) is 0.342. The quantitative estimate of drug-likeness (QED) is 0.641. The molecule has 3 N–H and O–H groups in total. The van der Waals surface area contributed by atoms with Gasteiger partial charge in [-0.05, 0) is 18.9 Å². The van der Waals surface area contributed by atoms with Crippen LogP contribution >= 0.6 is 0 Å². The first-order valence-electron chi connectivity index (χ1n) is 5.43. The average Bonchev–Trinajstić information content (AvgIpc) is 2.29. The molecule has 4 nitrogen and oxygen atoms in total. The van der Waals surface area contributed by atoms with Crippen LogP contribution in [0.25, 0.3) is 0 Å². The number of aryl methyl sites for hydroxylation is 1. The third-order valence-electron chi connectivity index (χ3n) is 3.19. The molecule has 0 aromatic carbocycles. The van der Waals surface area contributed by atoms with Crippen LogP contribution in [0.2, 0.25) is 0 Å². The molecule has 3 unspecified atom stereocenters. The van der Waals surface area contributed by atoms with Gasteiger partial charge in [-0.1, -0.05) is 6.07 Å². The van der Waals surface area contributed by atoms with Crippen molar-refractivity contribution in [3.05, 3.63) is 29.6 Å². The molecule has 1 aromatic heterocycles. The van der Waals surface area contributed by atoms with Gasteiger partial charge in [0, 0.05) is 30.0 Å². The van der Waals surface area contributed by atoms with Crippen molar-refractivity contribution >= 4 is 0 Å². The van der Waals surface area contributed by atoms with E-state index in [4.69, 9.17) is 10.5 Å². The third-order valence-corrected chi connectivity index (χ3v) is 3.19.